The van der Waals surface area contributed by atoms with Crippen LogP contribution in [0.2, 0.25) is 0 Å². The molecule has 0 unspecified atom stereocenters. The fourth-order valence-corrected chi connectivity index (χ4v) is 3.37. The van der Waals surface area contributed by atoms with Gasteiger partial charge in [-0.3, -0.25) is 0 Å². The Balaban J connectivity index is 2.21. The summed E-state index contributed by atoms with van der Waals surface area (Å²) in [7, 11) is -3.57. The Labute approximate surface area is 123 Å². The monoisotopic (exact) mass is 311 g/mol. The maximum absolute atomic E-state index is 11.9. The van der Waals surface area contributed by atoms with E-state index in [1.807, 2.05) is 30.3 Å². The lowest BCUT2D eigenvalue weighted by Gasteiger charge is -2.07. The molecule has 0 saturated carbocycles. The molecule has 0 amide bonds. The van der Waals surface area contributed by atoms with Crippen molar-refractivity contribution >= 4 is 9.84 Å². The van der Waals surface area contributed by atoms with Gasteiger partial charge in [0.2, 0.25) is 5.89 Å². The van der Waals surface area contributed by atoms with Crippen molar-refractivity contribution in [3.63, 3.8) is 0 Å². The van der Waals surface area contributed by atoms with E-state index in [0.717, 1.165) is 5.56 Å². The van der Waals surface area contributed by atoms with E-state index in [2.05, 4.69) is 4.98 Å². The molecule has 114 valence electrons. The molecule has 2 rings (SSSR count). The summed E-state index contributed by atoms with van der Waals surface area (Å²) in [6.07, 6.45) is -1.28. The van der Waals surface area contributed by atoms with E-state index in [1.54, 1.807) is 6.92 Å². The third-order valence-corrected chi connectivity index (χ3v) is 4.53. The smallest absolute Gasteiger partial charge is 0.226 e. The standard InChI is InChI=1S/C14H17NO5S/c1-10-13(9-21(18,19)8-12(17)7-16)15-14(20-10)11-5-3-2-4-6-11/h2-6,12,16-17H,7-9H2,1H3/t12-/m1/s1. The molecule has 0 aliphatic rings. The van der Waals surface area contributed by atoms with Crippen molar-refractivity contribution in [3.8, 4) is 11.5 Å². The van der Waals surface area contributed by atoms with Crippen LogP contribution < -0.4 is 0 Å². The molecule has 0 fully saturated rings. The zero-order valence-electron chi connectivity index (χ0n) is 11.6. The fourth-order valence-electron chi connectivity index (χ4n) is 1.88. The van der Waals surface area contributed by atoms with E-state index < -0.39 is 28.3 Å². The first kappa shape index (κ1) is 15.7. The van der Waals surface area contributed by atoms with Crippen LogP contribution in [0.1, 0.15) is 11.5 Å². The number of hydrogen-bond acceptors (Lipinski definition) is 6. The van der Waals surface area contributed by atoms with Crippen molar-refractivity contribution < 1.29 is 23.0 Å². The highest BCUT2D eigenvalue weighted by atomic mass is 32.2. The highest BCUT2D eigenvalue weighted by Gasteiger charge is 2.21. The Morgan fingerprint density at radius 1 is 1.29 bits per heavy atom. The first-order chi connectivity index (χ1) is 9.91. The lowest BCUT2D eigenvalue weighted by Crippen LogP contribution is -2.25. The lowest BCUT2D eigenvalue weighted by molar-refractivity contribution is 0.112. The van der Waals surface area contributed by atoms with Gasteiger partial charge >= 0.3 is 0 Å². The number of aliphatic hydroxyl groups is 2. The van der Waals surface area contributed by atoms with Gasteiger partial charge in [0.1, 0.15) is 5.76 Å². The molecule has 0 radical (unpaired) electrons. The van der Waals surface area contributed by atoms with Gasteiger partial charge in [-0.15, -0.1) is 0 Å². The molecule has 6 nitrogen and oxygen atoms in total. The summed E-state index contributed by atoms with van der Waals surface area (Å²) < 4.78 is 29.3. The predicted molar refractivity (Wildman–Crippen MR) is 77.3 cm³/mol. The second-order valence-corrected chi connectivity index (χ2v) is 6.89. The minimum absolute atomic E-state index is 0.319. The molecule has 1 heterocycles. The van der Waals surface area contributed by atoms with Crippen LogP contribution in [0.15, 0.2) is 34.7 Å². The van der Waals surface area contributed by atoms with Gasteiger partial charge in [0, 0.05) is 5.56 Å². The van der Waals surface area contributed by atoms with Crippen molar-refractivity contribution in [2.75, 3.05) is 12.4 Å². The summed E-state index contributed by atoms with van der Waals surface area (Å²) in [6, 6.07) is 9.17. The number of sulfone groups is 1. The number of aryl methyl sites for hydroxylation is 1. The minimum Gasteiger partial charge on any atom is -0.441 e. The Hall–Kier alpha value is -1.70. The van der Waals surface area contributed by atoms with E-state index in [4.69, 9.17) is 9.52 Å². The molecule has 0 aliphatic carbocycles. The molecule has 0 spiro atoms. The number of aromatic nitrogens is 1. The topological polar surface area (TPSA) is 101 Å². The average molecular weight is 311 g/mol. The summed E-state index contributed by atoms with van der Waals surface area (Å²) in [5, 5.41) is 18.0. The number of hydrogen-bond donors (Lipinski definition) is 2. The molecule has 1 aromatic heterocycles. The molecule has 0 bridgehead atoms. The lowest BCUT2D eigenvalue weighted by atomic mass is 10.2. The summed E-state index contributed by atoms with van der Waals surface area (Å²) >= 11 is 0. The van der Waals surface area contributed by atoms with Gasteiger partial charge in [0.15, 0.2) is 9.84 Å². The van der Waals surface area contributed by atoms with Crippen molar-refractivity contribution in [2.24, 2.45) is 0 Å². The van der Waals surface area contributed by atoms with E-state index >= 15 is 0 Å². The van der Waals surface area contributed by atoms with Crippen molar-refractivity contribution in [1.82, 2.24) is 4.98 Å². The summed E-state index contributed by atoms with van der Waals surface area (Å²) in [5.41, 5.74) is 1.08. The SMILES string of the molecule is Cc1oc(-c2ccccc2)nc1CS(=O)(=O)C[C@H](O)CO. The largest absolute Gasteiger partial charge is 0.441 e. The highest BCUT2D eigenvalue weighted by Crippen LogP contribution is 2.22. The highest BCUT2D eigenvalue weighted by molar-refractivity contribution is 7.90. The van der Waals surface area contributed by atoms with Crippen LogP contribution in [0, 0.1) is 6.92 Å². The minimum atomic E-state index is -3.57. The molecular formula is C14H17NO5S. The van der Waals surface area contributed by atoms with E-state index in [1.165, 1.54) is 0 Å². The number of benzene rings is 1. The number of aliphatic hydroxyl groups excluding tert-OH is 2. The normalized spacial score (nSPS) is 13.3. The van der Waals surface area contributed by atoms with Crippen LogP contribution in [0.5, 0.6) is 0 Å². The Kier molecular flexibility index (Phi) is 4.76. The predicted octanol–water partition coefficient (Wildman–Crippen LogP) is 0.918. The molecule has 21 heavy (non-hydrogen) atoms. The van der Waals surface area contributed by atoms with Gasteiger partial charge in [-0.1, -0.05) is 18.2 Å². The van der Waals surface area contributed by atoms with Gasteiger partial charge in [-0.05, 0) is 19.1 Å². The molecule has 2 aromatic rings. The maximum atomic E-state index is 11.9. The van der Waals surface area contributed by atoms with Crippen LogP contribution in [-0.4, -0.2) is 42.1 Å². The number of oxazole rings is 1. The maximum Gasteiger partial charge on any atom is 0.226 e. The molecule has 2 N–H and O–H groups in total. The number of rotatable bonds is 6. The van der Waals surface area contributed by atoms with Crippen LogP contribution in [-0.2, 0) is 15.6 Å². The zero-order valence-corrected chi connectivity index (χ0v) is 12.4. The molecule has 0 saturated heterocycles. The molecule has 1 aromatic carbocycles. The molecule has 7 heteroatoms. The summed E-state index contributed by atoms with van der Waals surface area (Å²) in [4.78, 5) is 4.21. The first-order valence-corrected chi connectivity index (χ1v) is 8.24. The third kappa shape index (κ3) is 4.13. The number of nitrogens with zero attached hydrogens (tertiary/aromatic N) is 1. The second-order valence-electron chi connectivity index (χ2n) is 4.78. The quantitative estimate of drug-likeness (QED) is 0.822. The Morgan fingerprint density at radius 2 is 1.95 bits per heavy atom. The molecule has 0 aliphatic heterocycles. The van der Waals surface area contributed by atoms with E-state index in [9.17, 15) is 13.5 Å². The van der Waals surface area contributed by atoms with E-state index in [0.29, 0.717) is 17.3 Å². The molecular weight excluding hydrogens is 294 g/mol. The van der Waals surface area contributed by atoms with Crippen molar-refractivity contribution in [2.45, 2.75) is 18.8 Å². The molecule has 1 atom stereocenters. The van der Waals surface area contributed by atoms with Gasteiger partial charge in [0.05, 0.1) is 29.9 Å². The van der Waals surface area contributed by atoms with Crippen LogP contribution in [0.4, 0.5) is 0 Å². The van der Waals surface area contributed by atoms with Crippen LogP contribution in [0.25, 0.3) is 11.5 Å². The van der Waals surface area contributed by atoms with Crippen molar-refractivity contribution in [3.05, 3.63) is 41.8 Å². The van der Waals surface area contributed by atoms with Gasteiger partial charge in [-0.2, -0.15) is 0 Å². The van der Waals surface area contributed by atoms with Gasteiger partial charge in [0.25, 0.3) is 0 Å². The van der Waals surface area contributed by atoms with Crippen LogP contribution >= 0.6 is 0 Å². The summed E-state index contributed by atoms with van der Waals surface area (Å²) in [6.45, 7) is 1.05. The Morgan fingerprint density at radius 3 is 2.57 bits per heavy atom. The average Bonchev–Trinajstić information content (AvgIpc) is 2.80. The first-order valence-electron chi connectivity index (χ1n) is 6.42. The van der Waals surface area contributed by atoms with Crippen LogP contribution in [0.3, 0.4) is 0 Å². The Bertz CT molecular complexity index is 693. The van der Waals surface area contributed by atoms with Crippen molar-refractivity contribution in [1.29, 1.82) is 0 Å². The van der Waals surface area contributed by atoms with E-state index in [-0.39, 0.29) is 5.75 Å². The third-order valence-electron chi connectivity index (χ3n) is 2.93. The van der Waals surface area contributed by atoms with Gasteiger partial charge < -0.3 is 14.6 Å². The van der Waals surface area contributed by atoms with Gasteiger partial charge in [-0.25, -0.2) is 13.4 Å². The zero-order chi connectivity index (χ0) is 15.5. The second kappa shape index (κ2) is 6.38. The fraction of sp³-hybridized carbons (Fsp3) is 0.357. The summed E-state index contributed by atoms with van der Waals surface area (Å²) in [5.74, 6) is -0.0418.